The van der Waals surface area contributed by atoms with Crippen LogP contribution >= 0.6 is 11.6 Å². The van der Waals surface area contributed by atoms with Gasteiger partial charge in [-0.2, -0.15) is 4.31 Å². The van der Waals surface area contributed by atoms with Gasteiger partial charge < -0.3 is 4.74 Å². The molecule has 150 valence electrons. The largest absolute Gasteiger partial charge is 0.492 e. The maximum atomic E-state index is 12.9. The lowest BCUT2D eigenvalue weighted by molar-refractivity contribution is 0.204. The molecule has 1 saturated heterocycles. The van der Waals surface area contributed by atoms with Crippen LogP contribution < -0.4 is 4.74 Å². The average Bonchev–Trinajstić information content (AvgIpc) is 2.71. The van der Waals surface area contributed by atoms with Gasteiger partial charge in [0, 0.05) is 32.7 Å². The quantitative estimate of drug-likeness (QED) is 0.684. The molecule has 0 unspecified atom stereocenters. The molecule has 0 aliphatic carbocycles. The number of nitrogens with zero attached hydrogens (tertiary/aromatic N) is 2. The van der Waals surface area contributed by atoms with E-state index in [9.17, 15) is 8.42 Å². The van der Waals surface area contributed by atoms with Crippen molar-refractivity contribution in [3.05, 3.63) is 65.2 Å². The lowest BCUT2D eigenvalue weighted by Crippen LogP contribution is -2.48. The molecular weight excluding hydrogens is 396 g/mol. The van der Waals surface area contributed by atoms with Crippen LogP contribution in [0, 0.1) is 0 Å². The van der Waals surface area contributed by atoms with Gasteiger partial charge in [-0.15, -0.1) is 0 Å². The van der Waals surface area contributed by atoms with Crippen LogP contribution in [0.5, 0.6) is 5.75 Å². The summed E-state index contributed by atoms with van der Waals surface area (Å²) in [5.41, 5.74) is 1.16. The molecule has 1 heterocycles. The van der Waals surface area contributed by atoms with Crippen LogP contribution in [0.4, 0.5) is 0 Å². The Morgan fingerprint density at radius 1 is 1.07 bits per heavy atom. The van der Waals surface area contributed by atoms with Gasteiger partial charge in [-0.1, -0.05) is 54.1 Å². The van der Waals surface area contributed by atoms with E-state index in [4.69, 9.17) is 16.3 Å². The van der Waals surface area contributed by atoms with Gasteiger partial charge in [0.2, 0.25) is 10.0 Å². The van der Waals surface area contributed by atoms with Gasteiger partial charge in [0.25, 0.3) is 0 Å². The predicted octanol–water partition coefficient (Wildman–Crippen LogP) is 3.76. The van der Waals surface area contributed by atoms with E-state index in [2.05, 4.69) is 29.2 Å². The molecule has 28 heavy (non-hydrogen) atoms. The summed E-state index contributed by atoms with van der Waals surface area (Å²) in [6, 6.07) is 14.8. The van der Waals surface area contributed by atoms with Gasteiger partial charge in [0.15, 0.2) is 0 Å². The molecule has 1 aliphatic rings. The Labute approximate surface area is 172 Å². The summed E-state index contributed by atoms with van der Waals surface area (Å²) in [7, 11) is -3.55. The minimum Gasteiger partial charge on any atom is -0.492 e. The molecule has 0 spiro atoms. The minimum atomic E-state index is -3.55. The van der Waals surface area contributed by atoms with Crippen molar-refractivity contribution in [3.63, 3.8) is 0 Å². The maximum absolute atomic E-state index is 12.9. The standard InChI is InChI=1S/C21H25ClN2O3S/c1-2-27-21-11-10-19(17-20(21)22)28(25,26)24-15-13-23(14-16-24)12-6-9-18-7-4-3-5-8-18/h3-11,17H,2,12-16H2,1H3/b9-6+. The van der Waals surface area contributed by atoms with E-state index in [0.717, 1.165) is 12.1 Å². The number of rotatable bonds is 7. The van der Waals surface area contributed by atoms with Crippen molar-refractivity contribution >= 4 is 27.7 Å². The van der Waals surface area contributed by atoms with Crippen LogP contribution in [0.25, 0.3) is 6.08 Å². The highest BCUT2D eigenvalue weighted by Crippen LogP contribution is 2.29. The van der Waals surface area contributed by atoms with E-state index >= 15 is 0 Å². The SMILES string of the molecule is CCOc1ccc(S(=O)(=O)N2CCN(C/C=C/c3ccccc3)CC2)cc1Cl. The van der Waals surface area contributed by atoms with Gasteiger partial charge in [0.1, 0.15) is 5.75 Å². The molecule has 0 amide bonds. The first-order valence-electron chi connectivity index (χ1n) is 9.37. The van der Waals surface area contributed by atoms with Crippen molar-refractivity contribution in [1.29, 1.82) is 0 Å². The van der Waals surface area contributed by atoms with Gasteiger partial charge in [-0.05, 0) is 30.7 Å². The highest BCUT2D eigenvalue weighted by Gasteiger charge is 2.28. The van der Waals surface area contributed by atoms with Crippen LogP contribution in [0.2, 0.25) is 5.02 Å². The summed E-state index contributed by atoms with van der Waals surface area (Å²) < 4.78 is 32.7. The normalized spacial score (nSPS) is 16.5. The van der Waals surface area contributed by atoms with E-state index in [-0.39, 0.29) is 4.90 Å². The second-order valence-corrected chi connectivity index (χ2v) is 8.89. The first kappa shape index (κ1) is 20.9. The number of benzene rings is 2. The zero-order chi connectivity index (χ0) is 20.0. The molecule has 7 heteroatoms. The average molecular weight is 421 g/mol. The number of halogens is 1. The highest BCUT2D eigenvalue weighted by atomic mass is 35.5. The van der Waals surface area contributed by atoms with E-state index in [0.29, 0.717) is 43.6 Å². The Morgan fingerprint density at radius 2 is 1.79 bits per heavy atom. The number of sulfonamides is 1. The summed E-state index contributed by atoms with van der Waals surface area (Å²) >= 11 is 6.16. The summed E-state index contributed by atoms with van der Waals surface area (Å²) in [5.74, 6) is 0.498. The number of hydrogen-bond donors (Lipinski definition) is 0. The third-order valence-corrected chi connectivity index (χ3v) is 6.84. The van der Waals surface area contributed by atoms with E-state index in [1.165, 1.54) is 10.4 Å². The van der Waals surface area contributed by atoms with Crippen LogP contribution in [0.15, 0.2) is 59.5 Å². The van der Waals surface area contributed by atoms with Crippen molar-refractivity contribution in [1.82, 2.24) is 9.21 Å². The first-order valence-corrected chi connectivity index (χ1v) is 11.2. The lowest BCUT2D eigenvalue weighted by atomic mass is 10.2. The molecule has 0 aromatic heterocycles. The molecule has 5 nitrogen and oxygen atoms in total. The van der Waals surface area contributed by atoms with Crippen molar-refractivity contribution < 1.29 is 13.2 Å². The Bertz CT molecular complexity index is 909. The summed E-state index contributed by atoms with van der Waals surface area (Å²) in [4.78, 5) is 2.45. The molecule has 1 fully saturated rings. The highest BCUT2D eigenvalue weighted by molar-refractivity contribution is 7.89. The fourth-order valence-electron chi connectivity index (χ4n) is 3.12. The van der Waals surface area contributed by atoms with E-state index < -0.39 is 10.0 Å². The van der Waals surface area contributed by atoms with Crippen LogP contribution in [-0.4, -0.2) is 57.0 Å². The van der Waals surface area contributed by atoms with Crippen molar-refractivity contribution in [2.75, 3.05) is 39.3 Å². The van der Waals surface area contributed by atoms with Crippen molar-refractivity contribution in [3.8, 4) is 5.75 Å². The Kier molecular flexibility index (Phi) is 7.13. The topological polar surface area (TPSA) is 49.9 Å². The predicted molar refractivity (Wildman–Crippen MR) is 113 cm³/mol. The molecule has 0 N–H and O–H groups in total. The minimum absolute atomic E-state index is 0.207. The first-order chi connectivity index (χ1) is 13.5. The van der Waals surface area contributed by atoms with Crippen LogP contribution in [-0.2, 0) is 10.0 Å². The fraction of sp³-hybridized carbons (Fsp3) is 0.333. The Hall–Kier alpha value is -1.86. The Balaban J connectivity index is 1.57. The molecule has 2 aromatic rings. The van der Waals surface area contributed by atoms with Gasteiger partial charge in [-0.25, -0.2) is 8.42 Å². The fourth-order valence-corrected chi connectivity index (χ4v) is 4.87. The molecule has 1 aliphatic heterocycles. The molecule has 0 radical (unpaired) electrons. The number of ether oxygens (including phenoxy) is 1. The molecule has 3 rings (SSSR count). The molecule has 0 atom stereocenters. The zero-order valence-corrected chi connectivity index (χ0v) is 17.5. The summed E-state index contributed by atoms with van der Waals surface area (Å²) in [6.07, 6.45) is 4.21. The van der Waals surface area contributed by atoms with Crippen molar-refractivity contribution in [2.45, 2.75) is 11.8 Å². The summed E-state index contributed by atoms with van der Waals surface area (Å²) in [5, 5.41) is 0.313. The second kappa shape index (κ2) is 9.56. The second-order valence-electron chi connectivity index (χ2n) is 6.54. The van der Waals surface area contributed by atoms with Crippen molar-refractivity contribution in [2.24, 2.45) is 0 Å². The molecule has 0 bridgehead atoms. The maximum Gasteiger partial charge on any atom is 0.243 e. The number of piperazine rings is 1. The van der Waals surface area contributed by atoms with E-state index in [1.54, 1.807) is 12.1 Å². The van der Waals surface area contributed by atoms with Gasteiger partial charge in [0.05, 0.1) is 16.5 Å². The van der Waals surface area contributed by atoms with Gasteiger partial charge >= 0.3 is 0 Å². The lowest BCUT2D eigenvalue weighted by Gasteiger charge is -2.33. The smallest absolute Gasteiger partial charge is 0.243 e. The molecule has 0 saturated carbocycles. The van der Waals surface area contributed by atoms with Crippen LogP contribution in [0.1, 0.15) is 12.5 Å². The number of hydrogen-bond acceptors (Lipinski definition) is 4. The van der Waals surface area contributed by atoms with Crippen LogP contribution in [0.3, 0.4) is 0 Å². The van der Waals surface area contributed by atoms with E-state index in [1.807, 2.05) is 25.1 Å². The monoisotopic (exact) mass is 420 g/mol. The third-order valence-electron chi connectivity index (χ3n) is 4.65. The molecular formula is C21H25ClN2O3S. The third kappa shape index (κ3) is 5.14. The van der Waals surface area contributed by atoms with Gasteiger partial charge in [-0.3, -0.25) is 4.90 Å². The zero-order valence-electron chi connectivity index (χ0n) is 15.9. The summed E-state index contributed by atoms with van der Waals surface area (Å²) in [6.45, 7) is 5.46. The Morgan fingerprint density at radius 3 is 2.43 bits per heavy atom. The molecule has 2 aromatic carbocycles.